The number of ether oxygens (including phenoxy) is 2. The molecule has 368 valence electrons. The number of rotatable bonds is 24. The van der Waals surface area contributed by atoms with Crippen LogP contribution in [0.3, 0.4) is 0 Å². The number of unbranched alkanes of at least 4 members (excludes halogenated alkanes) is 2. The van der Waals surface area contributed by atoms with Gasteiger partial charge in [0.05, 0.1) is 19.7 Å². The Labute approximate surface area is 390 Å². The lowest BCUT2D eigenvalue weighted by Crippen LogP contribution is -2.55. The highest BCUT2D eigenvalue weighted by molar-refractivity contribution is 5.95. The van der Waals surface area contributed by atoms with Crippen LogP contribution in [0.2, 0.25) is 0 Å². The van der Waals surface area contributed by atoms with Crippen molar-refractivity contribution >= 4 is 35.8 Å². The molecule has 65 heavy (non-hydrogen) atoms. The third-order valence-electron chi connectivity index (χ3n) is 9.10. The Morgan fingerprint density at radius 3 is 1.98 bits per heavy atom. The van der Waals surface area contributed by atoms with Gasteiger partial charge in [-0.2, -0.15) is 0 Å². The molecule has 1 heterocycles. The van der Waals surface area contributed by atoms with E-state index in [0.29, 0.717) is 52.0 Å². The SMILES string of the molecule is CC.CC/C=C(/O)CNC(=O)C(Cc1ccccc1)NC(=O)CNC(=O)C1CCCN1C(=O)C(CC(C)C)NC(=O)COCCCCC.CC=O.CCCOCCN.Cc1ccccc1. The van der Waals surface area contributed by atoms with Crippen molar-refractivity contribution in [2.75, 3.05) is 52.6 Å². The zero-order valence-corrected chi connectivity index (χ0v) is 41.0. The highest BCUT2D eigenvalue weighted by atomic mass is 16.5. The molecule has 1 saturated heterocycles. The van der Waals surface area contributed by atoms with E-state index in [1.807, 2.05) is 83.1 Å². The van der Waals surface area contributed by atoms with Crippen LogP contribution in [0.4, 0.5) is 0 Å². The van der Waals surface area contributed by atoms with E-state index in [1.165, 1.54) is 17.4 Å². The average molecular weight is 913 g/mol. The van der Waals surface area contributed by atoms with Crippen molar-refractivity contribution in [1.29, 1.82) is 0 Å². The van der Waals surface area contributed by atoms with Crippen LogP contribution in [-0.2, 0) is 44.7 Å². The lowest BCUT2D eigenvalue weighted by Gasteiger charge is -2.29. The number of benzene rings is 2. The summed E-state index contributed by atoms with van der Waals surface area (Å²) in [5.41, 5.74) is 7.29. The molecule has 7 N–H and O–H groups in total. The predicted molar refractivity (Wildman–Crippen MR) is 260 cm³/mol. The third-order valence-corrected chi connectivity index (χ3v) is 9.10. The van der Waals surface area contributed by atoms with Crippen molar-refractivity contribution in [3.05, 3.63) is 83.6 Å². The number of aryl methyl sites for hydroxylation is 1. The molecule has 2 aromatic rings. The van der Waals surface area contributed by atoms with Gasteiger partial charge in [-0.15, -0.1) is 0 Å². The van der Waals surface area contributed by atoms with Crippen LogP contribution in [0.5, 0.6) is 0 Å². The predicted octanol–water partition coefficient (Wildman–Crippen LogP) is 6.13. The summed E-state index contributed by atoms with van der Waals surface area (Å²) in [5.74, 6) is -2.10. The number of aliphatic hydroxyl groups is 1. The summed E-state index contributed by atoms with van der Waals surface area (Å²) < 4.78 is 10.5. The zero-order chi connectivity index (χ0) is 49.3. The monoisotopic (exact) mass is 913 g/mol. The molecule has 0 aromatic heterocycles. The number of aldehydes is 1. The fourth-order valence-electron chi connectivity index (χ4n) is 6.11. The maximum atomic E-state index is 13.6. The molecular weight excluding hydrogens is 829 g/mol. The van der Waals surface area contributed by atoms with Gasteiger partial charge in [-0.25, -0.2) is 0 Å². The summed E-state index contributed by atoms with van der Waals surface area (Å²) in [7, 11) is 0. The first-order valence-electron chi connectivity index (χ1n) is 23.4. The number of likely N-dealkylation sites (tertiary alicyclic amines) is 1. The molecule has 1 fully saturated rings. The second kappa shape index (κ2) is 41.6. The number of nitrogens with zero attached hydrogens (tertiary/aromatic N) is 1. The van der Waals surface area contributed by atoms with Crippen molar-refractivity contribution in [1.82, 2.24) is 26.2 Å². The largest absolute Gasteiger partial charge is 0.511 e. The van der Waals surface area contributed by atoms with E-state index in [4.69, 9.17) is 20.0 Å². The standard InChI is InChI=1S/C34H53N5O7.C7H8.C5H13NO.C2H4O.C2H6/c1-5-7-11-18-46-23-31(42)38-28(19-24(3)4)34(45)39-17-12-16-29(39)33(44)36-22-30(41)37-27(20-25-14-9-8-10-15-25)32(43)35-21-26(40)13-6-2;1-7-5-3-2-4-6-7;1-2-4-7-5-3-6;1-2-3;1-2/h8-10,13-15,24,27-29,40H,5-7,11-12,16-23H2,1-4H3,(H,35,43)(H,36,44)(H,37,41)(H,38,42);2-6H,1H3;2-6H2,1H3;2H,1H3;1-2H3/b26-13+;;;;. The van der Waals surface area contributed by atoms with Crippen LogP contribution < -0.4 is 27.0 Å². The number of nitrogens with one attached hydrogen (secondary N) is 4. The first kappa shape index (κ1) is 62.0. The van der Waals surface area contributed by atoms with Crippen LogP contribution in [-0.4, -0.2) is 117 Å². The molecule has 15 nitrogen and oxygen atoms in total. The Morgan fingerprint density at radius 2 is 1.45 bits per heavy atom. The number of hydrogen-bond donors (Lipinski definition) is 6. The van der Waals surface area contributed by atoms with Gasteiger partial charge in [0.2, 0.25) is 29.5 Å². The summed E-state index contributed by atoms with van der Waals surface area (Å²) in [6, 6.07) is 16.9. The van der Waals surface area contributed by atoms with Crippen molar-refractivity contribution in [3.63, 3.8) is 0 Å². The molecule has 0 spiro atoms. The van der Waals surface area contributed by atoms with Gasteiger partial charge in [-0.1, -0.05) is 128 Å². The number of amides is 5. The molecule has 1 aliphatic heterocycles. The van der Waals surface area contributed by atoms with E-state index in [2.05, 4.69) is 54.2 Å². The Balaban J connectivity index is 0. The van der Waals surface area contributed by atoms with Gasteiger partial charge in [-0.3, -0.25) is 24.0 Å². The molecule has 3 rings (SSSR count). The highest BCUT2D eigenvalue weighted by Crippen LogP contribution is 2.20. The summed E-state index contributed by atoms with van der Waals surface area (Å²) in [4.78, 5) is 75.5. The van der Waals surface area contributed by atoms with Crippen molar-refractivity contribution in [3.8, 4) is 0 Å². The normalized spacial score (nSPS) is 13.6. The quantitative estimate of drug-likeness (QED) is 0.0403. The third kappa shape index (κ3) is 32.2. The molecule has 3 atom stereocenters. The van der Waals surface area contributed by atoms with Crippen molar-refractivity contribution in [2.24, 2.45) is 11.7 Å². The number of carbonyl (C=O) groups excluding carboxylic acids is 6. The van der Waals surface area contributed by atoms with E-state index < -0.39 is 42.4 Å². The number of allylic oxidation sites excluding steroid dienone is 1. The highest BCUT2D eigenvalue weighted by Gasteiger charge is 2.38. The van der Waals surface area contributed by atoms with Gasteiger partial charge in [0.1, 0.15) is 36.8 Å². The van der Waals surface area contributed by atoms with Gasteiger partial charge < -0.3 is 51.3 Å². The van der Waals surface area contributed by atoms with Gasteiger partial charge in [-0.05, 0) is 69.9 Å². The summed E-state index contributed by atoms with van der Waals surface area (Å²) >= 11 is 0. The number of hydrogen-bond acceptors (Lipinski definition) is 10. The molecule has 0 saturated carbocycles. The van der Waals surface area contributed by atoms with Crippen LogP contribution in [0.15, 0.2) is 72.5 Å². The van der Waals surface area contributed by atoms with Gasteiger partial charge >= 0.3 is 0 Å². The van der Waals surface area contributed by atoms with E-state index in [9.17, 15) is 29.1 Å². The summed E-state index contributed by atoms with van der Waals surface area (Å²) in [6.45, 7) is 19.9. The number of aliphatic hydroxyl groups excluding tert-OH is 1. The lowest BCUT2D eigenvalue weighted by molar-refractivity contribution is -0.142. The van der Waals surface area contributed by atoms with Crippen molar-refractivity contribution < 1.29 is 43.3 Å². The van der Waals surface area contributed by atoms with Crippen LogP contribution >= 0.6 is 0 Å². The first-order chi connectivity index (χ1) is 31.3. The fraction of sp³-hybridized carbons (Fsp3) is 0.600. The van der Waals surface area contributed by atoms with Crippen LogP contribution in [0.1, 0.15) is 118 Å². The Morgan fingerprint density at radius 1 is 0.831 bits per heavy atom. The second-order valence-corrected chi connectivity index (χ2v) is 15.3. The molecule has 3 unspecified atom stereocenters. The maximum Gasteiger partial charge on any atom is 0.246 e. The minimum Gasteiger partial charge on any atom is -0.511 e. The topological polar surface area (TPSA) is 218 Å². The Bertz CT molecular complexity index is 1570. The molecule has 0 radical (unpaired) electrons. The van der Waals surface area contributed by atoms with Crippen LogP contribution in [0, 0.1) is 12.8 Å². The van der Waals surface area contributed by atoms with E-state index >= 15 is 0 Å². The van der Waals surface area contributed by atoms with Gasteiger partial charge in [0.25, 0.3) is 0 Å². The van der Waals surface area contributed by atoms with Gasteiger partial charge in [0.15, 0.2) is 0 Å². The first-order valence-corrected chi connectivity index (χ1v) is 23.4. The van der Waals surface area contributed by atoms with E-state index in [0.717, 1.165) is 44.1 Å². The van der Waals surface area contributed by atoms with E-state index in [1.54, 1.807) is 6.08 Å². The minimum atomic E-state index is -0.943. The molecule has 1 aliphatic rings. The second-order valence-electron chi connectivity index (χ2n) is 15.3. The number of carbonyl (C=O) groups is 6. The van der Waals surface area contributed by atoms with Crippen LogP contribution in [0.25, 0.3) is 0 Å². The van der Waals surface area contributed by atoms with E-state index in [-0.39, 0.29) is 43.1 Å². The lowest BCUT2D eigenvalue weighted by atomic mass is 10.0. The molecular formula is C50H84N6O9. The summed E-state index contributed by atoms with van der Waals surface area (Å²) in [5, 5.41) is 20.6. The van der Waals surface area contributed by atoms with Gasteiger partial charge in [0, 0.05) is 32.7 Å². The fourth-order valence-corrected chi connectivity index (χ4v) is 6.11. The molecule has 2 aromatic carbocycles. The smallest absolute Gasteiger partial charge is 0.246 e. The molecule has 5 amide bonds. The average Bonchev–Trinajstić information content (AvgIpc) is 3.79. The van der Waals surface area contributed by atoms with Crippen molar-refractivity contribution in [2.45, 2.75) is 138 Å². The molecule has 15 heteroatoms. The number of nitrogens with two attached hydrogens (primary N) is 1. The maximum absolute atomic E-state index is 13.6. The Hall–Kier alpha value is -5.12. The molecule has 0 bridgehead atoms. The Kier molecular flexibility index (Phi) is 39.6. The minimum absolute atomic E-state index is 0.0227. The zero-order valence-electron chi connectivity index (χ0n) is 41.0. The molecule has 0 aliphatic carbocycles. The summed E-state index contributed by atoms with van der Waals surface area (Å²) in [6.07, 6.45) is 8.60.